The molecule has 0 spiro atoms. The van der Waals surface area contributed by atoms with Crippen LogP contribution in [0.1, 0.15) is 15.9 Å². The van der Waals surface area contributed by atoms with Crippen LogP contribution in [0.15, 0.2) is 42.5 Å². The summed E-state index contributed by atoms with van der Waals surface area (Å²) in [6.07, 6.45) is 0.275. The number of fused-ring (bicyclic) bond motifs is 1. The summed E-state index contributed by atoms with van der Waals surface area (Å²) in [5, 5.41) is 9.03. The van der Waals surface area contributed by atoms with Crippen LogP contribution in [0.25, 0.3) is 0 Å². The zero-order chi connectivity index (χ0) is 14.3. The number of amides is 1. The van der Waals surface area contributed by atoms with Gasteiger partial charge in [-0.25, -0.2) is 4.79 Å². The van der Waals surface area contributed by atoms with Crippen molar-refractivity contribution in [2.24, 2.45) is 0 Å². The lowest BCUT2D eigenvalue weighted by molar-refractivity contribution is -0.116. The van der Waals surface area contributed by atoms with Crippen LogP contribution < -0.4 is 10.6 Å². The molecular weight excluding hydrogens is 256 g/mol. The summed E-state index contributed by atoms with van der Waals surface area (Å²) in [6, 6.07) is 11.6. The maximum Gasteiger partial charge on any atom is 0.335 e. The quantitative estimate of drug-likeness (QED) is 0.818. The van der Waals surface area contributed by atoms with E-state index in [0.29, 0.717) is 11.4 Å². The number of nitrogens with two attached hydrogens (primary N) is 1. The van der Waals surface area contributed by atoms with Crippen molar-refractivity contribution in [3.05, 3.63) is 53.6 Å². The largest absolute Gasteiger partial charge is 0.478 e. The highest BCUT2D eigenvalue weighted by Crippen LogP contribution is 2.36. The second-order valence-corrected chi connectivity index (χ2v) is 4.65. The van der Waals surface area contributed by atoms with Gasteiger partial charge in [-0.05, 0) is 42.0 Å². The molecule has 3 N–H and O–H groups in total. The number of hydrogen-bond donors (Lipinski definition) is 2. The number of carboxylic acid groups (broad SMARTS) is 1. The zero-order valence-corrected chi connectivity index (χ0v) is 10.5. The lowest BCUT2D eigenvalue weighted by atomic mass is 10.1. The van der Waals surface area contributed by atoms with Gasteiger partial charge in [-0.2, -0.15) is 0 Å². The first kappa shape index (κ1) is 12.2. The normalized spacial score (nSPS) is 13.4. The van der Waals surface area contributed by atoms with E-state index in [2.05, 4.69) is 0 Å². The van der Waals surface area contributed by atoms with E-state index in [0.717, 1.165) is 11.3 Å². The maximum absolute atomic E-state index is 12.2. The third-order valence-corrected chi connectivity index (χ3v) is 3.29. The van der Waals surface area contributed by atoms with Gasteiger partial charge in [-0.3, -0.25) is 9.69 Å². The summed E-state index contributed by atoms with van der Waals surface area (Å²) in [4.78, 5) is 24.7. The van der Waals surface area contributed by atoms with E-state index in [1.807, 2.05) is 0 Å². The van der Waals surface area contributed by atoms with Crippen molar-refractivity contribution in [2.75, 3.05) is 10.6 Å². The average Bonchev–Trinajstić information content (AvgIpc) is 2.73. The fourth-order valence-electron chi connectivity index (χ4n) is 2.40. The molecule has 0 atom stereocenters. The Morgan fingerprint density at radius 1 is 1.20 bits per heavy atom. The molecule has 0 unspecified atom stereocenters. The first-order valence-corrected chi connectivity index (χ1v) is 6.11. The minimum absolute atomic E-state index is 0.0897. The van der Waals surface area contributed by atoms with Gasteiger partial charge in [0.05, 0.1) is 17.7 Å². The second kappa shape index (κ2) is 4.38. The number of aromatic carboxylic acids is 1. The van der Waals surface area contributed by atoms with Gasteiger partial charge >= 0.3 is 5.97 Å². The predicted molar refractivity (Wildman–Crippen MR) is 75.1 cm³/mol. The summed E-state index contributed by atoms with van der Waals surface area (Å²) in [5.74, 6) is -1.11. The molecule has 0 saturated heterocycles. The minimum Gasteiger partial charge on any atom is -0.478 e. The number of carboxylic acids is 1. The third-order valence-electron chi connectivity index (χ3n) is 3.29. The summed E-state index contributed by atoms with van der Waals surface area (Å²) < 4.78 is 0. The monoisotopic (exact) mass is 268 g/mol. The van der Waals surface area contributed by atoms with Gasteiger partial charge in [0.1, 0.15) is 0 Å². The van der Waals surface area contributed by atoms with Crippen molar-refractivity contribution in [2.45, 2.75) is 6.42 Å². The molecular formula is C15H12N2O3. The van der Waals surface area contributed by atoms with Crippen LogP contribution in [0.5, 0.6) is 0 Å². The van der Waals surface area contributed by atoms with E-state index in [9.17, 15) is 9.59 Å². The van der Waals surface area contributed by atoms with Gasteiger partial charge in [0.25, 0.3) is 0 Å². The van der Waals surface area contributed by atoms with Crippen LogP contribution in [-0.4, -0.2) is 17.0 Å². The number of rotatable bonds is 2. The fourth-order valence-corrected chi connectivity index (χ4v) is 2.40. The van der Waals surface area contributed by atoms with Crippen molar-refractivity contribution in [3.63, 3.8) is 0 Å². The van der Waals surface area contributed by atoms with Crippen molar-refractivity contribution >= 4 is 28.9 Å². The summed E-state index contributed by atoms with van der Waals surface area (Å²) in [7, 11) is 0. The van der Waals surface area contributed by atoms with Gasteiger partial charge in [0.2, 0.25) is 5.91 Å². The molecule has 1 amide bonds. The van der Waals surface area contributed by atoms with Crippen LogP contribution in [-0.2, 0) is 11.2 Å². The third kappa shape index (κ3) is 1.89. The Morgan fingerprint density at radius 3 is 2.75 bits per heavy atom. The lowest BCUT2D eigenvalue weighted by Gasteiger charge is -2.18. The van der Waals surface area contributed by atoms with Crippen molar-refractivity contribution in [3.8, 4) is 0 Å². The Hall–Kier alpha value is -2.82. The molecule has 0 bridgehead atoms. The first-order chi connectivity index (χ1) is 9.56. The zero-order valence-electron chi connectivity index (χ0n) is 10.5. The maximum atomic E-state index is 12.2. The molecule has 100 valence electrons. The topological polar surface area (TPSA) is 83.6 Å². The van der Waals surface area contributed by atoms with Gasteiger partial charge < -0.3 is 10.8 Å². The van der Waals surface area contributed by atoms with Gasteiger partial charge in [-0.1, -0.05) is 6.07 Å². The number of carbonyl (C=O) groups is 2. The standard InChI is InChI=1S/C15H12N2O3/c16-11-4-5-13-10(6-11)8-14(18)17(13)12-3-1-2-9(7-12)15(19)20/h1-7H,8,16H2,(H,19,20). The van der Waals surface area contributed by atoms with Crippen LogP contribution in [0.2, 0.25) is 0 Å². The average molecular weight is 268 g/mol. The lowest BCUT2D eigenvalue weighted by Crippen LogP contribution is -2.21. The first-order valence-electron chi connectivity index (χ1n) is 6.11. The molecule has 2 aromatic rings. The summed E-state index contributed by atoms with van der Waals surface area (Å²) in [6.45, 7) is 0. The van der Waals surface area contributed by atoms with E-state index in [1.54, 1.807) is 30.3 Å². The highest BCUT2D eigenvalue weighted by molar-refractivity contribution is 6.08. The Kier molecular flexibility index (Phi) is 2.68. The minimum atomic E-state index is -1.02. The molecule has 5 nitrogen and oxygen atoms in total. The summed E-state index contributed by atoms with van der Waals surface area (Å²) in [5.41, 5.74) is 8.65. The van der Waals surface area contributed by atoms with Crippen molar-refractivity contribution < 1.29 is 14.7 Å². The number of anilines is 3. The van der Waals surface area contributed by atoms with E-state index in [4.69, 9.17) is 10.8 Å². The number of hydrogen-bond acceptors (Lipinski definition) is 3. The van der Waals surface area contributed by atoms with Crippen molar-refractivity contribution in [1.82, 2.24) is 0 Å². The number of benzene rings is 2. The highest BCUT2D eigenvalue weighted by Gasteiger charge is 2.28. The molecule has 0 aliphatic carbocycles. The molecule has 3 rings (SSSR count). The smallest absolute Gasteiger partial charge is 0.335 e. The van der Waals surface area contributed by atoms with Gasteiger partial charge in [0, 0.05) is 11.4 Å². The Balaban J connectivity index is 2.09. The molecule has 1 heterocycles. The molecule has 0 aromatic heterocycles. The molecule has 1 aliphatic rings. The van der Waals surface area contributed by atoms with Crippen molar-refractivity contribution in [1.29, 1.82) is 0 Å². The molecule has 1 aliphatic heterocycles. The van der Waals surface area contributed by atoms with Gasteiger partial charge in [0.15, 0.2) is 0 Å². The Labute approximate surface area is 115 Å². The molecule has 0 radical (unpaired) electrons. The molecule has 0 saturated carbocycles. The number of nitrogen functional groups attached to an aromatic ring is 1. The van der Waals surface area contributed by atoms with Gasteiger partial charge in [-0.15, -0.1) is 0 Å². The second-order valence-electron chi connectivity index (χ2n) is 4.65. The molecule has 2 aromatic carbocycles. The predicted octanol–water partition coefficient (Wildman–Crippen LogP) is 2.19. The van der Waals surface area contributed by atoms with Crippen LogP contribution in [0, 0.1) is 0 Å². The van der Waals surface area contributed by atoms with E-state index in [1.165, 1.54) is 17.0 Å². The van der Waals surface area contributed by atoms with Crippen LogP contribution >= 0.6 is 0 Å². The van der Waals surface area contributed by atoms with E-state index < -0.39 is 5.97 Å². The van der Waals surface area contributed by atoms with E-state index >= 15 is 0 Å². The summed E-state index contributed by atoms with van der Waals surface area (Å²) >= 11 is 0. The fraction of sp³-hybridized carbons (Fsp3) is 0.0667. The molecule has 0 fully saturated rings. The van der Waals surface area contributed by atoms with E-state index in [-0.39, 0.29) is 17.9 Å². The van der Waals surface area contributed by atoms with Crippen LogP contribution in [0.3, 0.4) is 0 Å². The number of carbonyl (C=O) groups excluding carboxylic acids is 1. The Bertz CT molecular complexity index is 725. The number of nitrogens with zero attached hydrogens (tertiary/aromatic N) is 1. The highest BCUT2D eigenvalue weighted by atomic mass is 16.4. The molecule has 5 heteroatoms. The SMILES string of the molecule is Nc1ccc2c(c1)CC(=O)N2c1cccc(C(=O)O)c1. The molecule has 20 heavy (non-hydrogen) atoms. The van der Waals surface area contributed by atoms with Crippen LogP contribution in [0.4, 0.5) is 17.1 Å². The Morgan fingerprint density at radius 2 is 2.00 bits per heavy atom.